The standard InChI is InChI=1S/C20H18N6O2/c27-18-8-7-14(11-26(18)12-15-5-1-3-9-21-15)20-23-19(24-28-20)16-13-25-10-4-2-6-17(25)22-16/h1-6,9-10,13-14H,7-8,11-12H2/t14-/m0/s1. The van der Waals surface area contributed by atoms with Crippen LogP contribution in [-0.2, 0) is 11.3 Å². The number of amides is 1. The van der Waals surface area contributed by atoms with E-state index in [0.717, 1.165) is 11.3 Å². The molecule has 0 bridgehead atoms. The average molecular weight is 374 g/mol. The summed E-state index contributed by atoms with van der Waals surface area (Å²) >= 11 is 0. The van der Waals surface area contributed by atoms with Crippen LogP contribution in [0.3, 0.4) is 0 Å². The van der Waals surface area contributed by atoms with E-state index >= 15 is 0 Å². The molecule has 1 fully saturated rings. The van der Waals surface area contributed by atoms with Crippen molar-refractivity contribution >= 4 is 11.6 Å². The fourth-order valence-corrected chi connectivity index (χ4v) is 3.50. The Balaban J connectivity index is 1.35. The first-order valence-corrected chi connectivity index (χ1v) is 9.22. The molecule has 1 aliphatic heterocycles. The molecule has 8 heteroatoms. The van der Waals surface area contributed by atoms with Gasteiger partial charge in [0.2, 0.25) is 17.6 Å². The van der Waals surface area contributed by atoms with Crippen LogP contribution in [-0.4, -0.2) is 41.9 Å². The molecule has 8 nitrogen and oxygen atoms in total. The minimum Gasteiger partial charge on any atom is -0.339 e. The molecule has 5 rings (SSSR count). The molecule has 0 saturated carbocycles. The molecular formula is C20H18N6O2. The molecule has 0 unspecified atom stereocenters. The molecule has 0 aliphatic carbocycles. The van der Waals surface area contributed by atoms with E-state index in [4.69, 9.17) is 4.52 Å². The zero-order valence-electron chi connectivity index (χ0n) is 15.1. The Kier molecular flexibility index (Phi) is 4.08. The zero-order valence-corrected chi connectivity index (χ0v) is 15.1. The van der Waals surface area contributed by atoms with Gasteiger partial charge < -0.3 is 13.8 Å². The van der Waals surface area contributed by atoms with Gasteiger partial charge in [0.1, 0.15) is 11.3 Å². The van der Waals surface area contributed by atoms with Gasteiger partial charge in [0.15, 0.2) is 0 Å². The number of rotatable bonds is 4. The summed E-state index contributed by atoms with van der Waals surface area (Å²) in [6.45, 7) is 1.03. The predicted molar refractivity (Wildman–Crippen MR) is 100 cm³/mol. The van der Waals surface area contributed by atoms with Gasteiger partial charge in [0, 0.05) is 31.6 Å². The number of likely N-dealkylation sites (tertiary alicyclic amines) is 1. The average Bonchev–Trinajstić information content (AvgIpc) is 3.37. The lowest BCUT2D eigenvalue weighted by Gasteiger charge is -2.30. The summed E-state index contributed by atoms with van der Waals surface area (Å²) in [7, 11) is 0. The lowest BCUT2D eigenvalue weighted by molar-refractivity contribution is -0.134. The van der Waals surface area contributed by atoms with Crippen LogP contribution in [0.1, 0.15) is 30.3 Å². The van der Waals surface area contributed by atoms with Gasteiger partial charge in [-0.1, -0.05) is 17.3 Å². The Hall–Kier alpha value is -3.55. The highest BCUT2D eigenvalue weighted by atomic mass is 16.5. The molecule has 1 aliphatic rings. The summed E-state index contributed by atoms with van der Waals surface area (Å²) < 4.78 is 7.44. The largest absolute Gasteiger partial charge is 0.339 e. The number of imidazole rings is 1. The monoisotopic (exact) mass is 374 g/mol. The van der Waals surface area contributed by atoms with E-state index in [1.807, 2.05) is 58.1 Å². The highest BCUT2D eigenvalue weighted by molar-refractivity contribution is 5.77. The van der Waals surface area contributed by atoms with E-state index < -0.39 is 0 Å². The number of hydrogen-bond acceptors (Lipinski definition) is 6. The second kappa shape index (κ2) is 6.88. The molecule has 0 aromatic carbocycles. The van der Waals surface area contributed by atoms with Crippen molar-refractivity contribution in [2.45, 2.75) is 25.3 Å². The molecular weight excluding hydrogens is 356 g/mol. The molecule has 4 aromatic heterocycles. The summed E-state index contributed by atoms with van der Waals surface area (Å²) in [5, 5.41) is 4.11. The highest BCUT2D eigenvalue weighted by Crippen LogP contribution is 2.28. The Morgan fingerprint density at radius 2 is 2.07 bits per heavy atom. The van der Waals surface area contributed by atoms with Crippen LogP contribution in [0, 0.1) is 0 Å². The van der Waals surface area contributed by atoms with Crippen LogP contribution >= 0.6 is 0 Å². The van der Waals surface area contributed by atoms with E-state index in [2.05, 4.69) is 20.1 Å². The van der Waals surface area contributed by atoms with Crippen LogP contribution in [0.2, 0.25) is 0 Å². The number of nitrogens with zero attached hydrogens (tertiary/aromatic N) is 6. The first-order chi connectivity index (χ1) is 13.8. The van der Waals surface area contributed by atoms with Crippen molar-refractivity contribution in [2.75, 3.05) is 6.54 Å². The third kappa shape index (κ3) is 3.13. The number of fused-ring (bicyclic) bond motifs is 1. The number of carbonyl (C=O) groups is 1. The lowest BCUT2D eigenvalue weighted by atomic mass is 9.97. The Morgan fingerprint density at radius 1 is 1.14 bits per heavy atom. The molecule has 4 aromatic rings. The number of hydrogen-bond donors (Lipinski definition) is 0. The predicted octanol–water partition coefficient (Wildman–Crippen LogP) is 2.69. The zero-order chi connectivity index (χ0) is 18.9. The van der Waals surface area contributed by atoms with Crippen LogP contribution < -0.4 is 0 Å². The van der Waals surface area contributed by atoms with Gasteiger partial charge in [0.05, 0.1) is 18.2 Å². The van der Waals surface area contributed by atoms with Crippen molar-refractivity contribution in [2.24, 2.45) is 0 Å². The van der Waals surface area contributed by atoms with Crippen molar-refractivity contribution < 1.29 is 9.32 Å². The van der Waals surface area contributed by atoms with E-state index in [1.165, 1.54) is 0 Å². The van der Waals surface area contributed by atoms with Gasteiger partial charge >= 0.3 is 0 Å². The molecule has 140 valence electrons. The molecule has 0 spiro atoms. The third-order valence-electron chi connectivity index (χ3n) is 4.96. The van der Waals surface area contributed by atoms with Gasteiger partial charge in [-0.2, -0.15) is 4.98 Å². The normalized spacial score (nSPS) is 17.4. The van der Waals surface area contributed by atoms with Crippen LogP contribution in [0.25, 0.3) is 17.2 Å². The maximum Gasteiger partial charge on any atom is 0.231 e. The number of piperidine rings is 1. The van der Waals surface area contributed by atoms with Crippen molar-refractivity contribution in [3.05, 3.63) is 66.6 Å². The molecule has 1 amide bonds. The van der Waals surface area contributed by atoms with Crippen LogP contribution in [0.5, 0.6) is 0 Å². The SMILES string of the molecule is O=C1CC[C@H](c2nc(-c3cn4ccccc4n3)no2)CN1Cc1ccccn1. The Labute approximate surface area is 160 Å². The maximum absolute atomic E-state index is 12.3. The van der Waals surface area contributed by atoms with Crippen molar-refractivity contribution in [3.63, 3.8) is 0 Å². The highest BCUT2D eigenvalue weighted by Gasteiger charge is 2.30. The summed E-state index contributed by atoms with van der Waals surface area (Å²) in [6.07, 6.45) is 6.70. The van der Waals surface area contributed by atoms with Crippen molar-refractivity contribution in [1.82, 2.24) is 29.4 Å². The van der Waals surface area contributed by atoms with Gasteiger partial charge in [-0.3, -0.25) is 9.78 Å². The smallest absolute Gasteiger partial charge is 0.231 e. The summed E-state index contributed by atoms with van der Waals surface area (Å²) in [6, 6.07) is 11.5. The van der Waals surface area contributed by atoms with Crippen LogP contribution in [0.4, 0.5) is 0 Å². The summed E-state index contributed by atoms with van der Waals surface area (Å²) in [4.78, 5) is 27.5. The van der Waals surface area contributed by atoms with E-state index in [-0.39, 0.29) is 11.8 Å². The fraction of sp³-hybridized carbons (Fsp3) is 0.250. The third-order valence-corrected chi connectivity index (χ3v) is 4.96. The van der Waals surface area contributed by atoms with Gasteiger partial charge in [-0.05, 0) is 30.7 Å². The molecule has 1 saturated heterocycles. The first-order valence-electron chi connectivity index (χ1n) is 9.22. The minimum atomic E-state index is 0.0136. The van der Waals surface area contributed by atoms with Gasteiger partial charge in [-0.15, -0.1) is 0 Å². The second-order valence-corrected chi connectivity index (χ2v) is 6.88. The number of pyridine rings is 2. The van der Waals surface area contributed by atoms with Crippen molar-refractivity contribution in [1.29, 1.82) is 0 Å². The van der Waals surface area contributed by atoms with Gasteiger partial charge in [-0.25, -0.2) is 4.98 Å². The molecule has 0 radical (unpaired) electrons. The number of carbonyl (C=O) groups excluding carboxylic acids is 1. The minimum absolute atomic E-state index is 0.0136. The molecule has 5 heterocycles. The summed E-state index contributed by atoms with van der Waals surface area (Å²) in [5.74, 6) is 1.15. The molecule has 1 atom stereocenters. The Morgan fingerprint density at radius 3 is 2.93 bits per heavy atom. The van der Waals surface area contributed by atoms with E-state index in [1.54, 1.807) is 6.20 Å². The van der Waals surface area contributed by atoms with Crippen LogP contribution in [0.15, 0.2) is 59.5 Å². The van der Waals surface area contributed by atoms with E-state index in [9.17, 15) is 4.79 Å². The first kappa shape index (κ1) is 16.6. The second-order valence-electron chi connectivity index (χ2n) is 6.88. The Bertz CT molecular complexity index is 1090. The maximum atomic E-state index is 12.3. The molecule has 28 heavy (non-hydrogen) atoms. The molecule has 0 N–H and O–H groups in total. The quantitative estimate of drug-likeness (QED) is 0.546. The topological polar surface area (TPSA) is 89.4 Å². The fourth-order valence-electron chi connectivity index (χ4n) is 3.50. The lowest BCUT2D eigenvalue weighted by Crippen LogP contribution is -2.38. The number of aromatic nitrogens is 5. The summed E-state index contributed by atoms with van der Waals surface area (Å²) in [5.41, 5.74) is 2.36. The van der Waals surface area contributed by atoms with E-state index in [0.29, 0.717) is 43.3 Å². The van der Waals surface area contributed by atoms with Gasteiger partial charge in [0.25, 0.3) is 0 Å². The van der Waals surface area contributed by atoms with Crippen molar-refractivity contribution in [3.8, 4) is 11.5 Å².